The molecule has 0 aromatic heterocycles. The fraction of sp³-hybridized carbons (Fsp3) is 0.875. The van der Waals surface area contributed by atoms with Crippen LogP contribution in [0.3, 0.4) is 0 Å². The molecule has 2 heterocycles. The third-order valence-corrected chi connectivity index (χ3v) is 7.10. The van der Waals surface area contributed by atoms with E-state index in [1.165, 1.54) is 0 Å². The normalized spacial score (nSPS) is 20.4. The molecule has 2 aliphatic rings. The van der Waals surface area contributed by atoms with Crippen molar-refractivity contribution in [3.05, 3.63) is 0 Å². The van der Waals surface area contributed by atoms with Crippen LogP contribution in [0.1, 0.15) is 25.7 Å². The summed E-state index contributed by atoms with van der Waals surface area (Å²) in [6.07, 6.45) is 4.47. The minimum atomic E-state index is -0.136. The lowest BCUT2D eigenvalue weighted by atomic mass is 10.3. The second-order valence-electron chi connectivity index (χ2n) is 6.32. The minimum absolute atomic E-state index is 0.136. The van der Waals surface area contributed by atoms with E-state index in [2.05, 4.69) is 10.6 Å². The molecule has 2 fully saturated rings. The number of nitrogens with one attached hydrogen (secondary N) is 2. The molecule has 6 nitrogen and oxygen atoms in total. The van der Waals surface area contributed by atoms with Gasteiger partial charge in [0.2, 0.25) is 11.8 Å². The van der Waals surface area contributed by atoms with E-state index in [1.54, 1.807) is 21.6 Å². The van der Waals surface area contributed by atoms with Gasteiger partial charge in [-0.3, -0.25) is 9.59 Å². The van der Waals surface area contributed by atoms with Gasteiger partial charge in [0.25, 0.3) is 0 Å². The lowest BCUT2D eigenvalue weighted by Gasteiger charge is -2.23. The Kier molecular flexibility index (Phi) is 8.72. The third-order valence-electron chi connectivity index (χ3n) is 4.68. The van der Waals surface area contributed by atoms with Crippen molar-refractivity contribution in [1.82, 2.24) is 20.4 Å². The summed E-state index contributed by atoms with van der Waals surface area (Å²) in [5.74, 6) is 1.87. The largest absolute Gasteiger partial charge is 0.341 e. The maximum atomic E-state index is 12.4. The van der Waals surface area contributed by atoms with E-state index in [0.29, 0.717) is 0 Å². The Morgan fingerprint density at radius 2 is 1.12 bits per heavy atom. The van der Waals surface area contributed by atoms with E-state index >= 15 is 0 Å². The molecule has 0 radical (unpaired) electrons. The van der Waals surface area contributed by atoms with Crippen LogP contribution in [-0.4, -0.2) is 85.5 Å². The van der Waals surface area contributed by atoms with Crippen LogP contribution < -0.4 is 10.6 Å². The Bertz CT molecular complexity index is 375. The van der Waals surface area contributed by atoms with Crippen molar-refractivity contribution in [1.29, 1.82) is 0 Å². The van der Waals surface area contributed by atoms with Gasteiger partial charge in [-0.2, -0.15) is 0 Å². The second kappa shape index (κ2) is 10.5. The molecule has 2 saturated heterocycles. The van der Waals surface area contributed by atoms with Crippen molar-refractivity contribution >= 4 is 33.4 Å². The maximum Gasteiger partial charge on any atom is 0.240 e. The van der Waals surface area contributed by atoms with Crippen LogP contribution in [0, 0.1) is 0 Å². The van der Waals surface area contributed by atoms with E-state index in [0.717, 1.165) is 63.4 Å². The molecule has 2 amide bonds. The van der Waals surface area contributed by atoms with Crippen LogP contribution in [0.15, 0.2) is 0 Å². The predicted molar refractivity (Wildman–Crippen MR) is 102 cm³/mol. The zero-order chi connectivity index (χ0) is 17.4. The molecule has 0 aromatic rings. The monoisotopic (exact) mass is 374 g/mol. The lowest BCUT2D eigenvalue weighted by molar-refractivity contribution is -0.132. The number of hydrogen-bond donors (Lipinski definition) is 2. The molecular formula is C16H30N4O2S2. The molecule has 2 N–H and O–H groups in total. The third kappa shape index (κ3) is 5.54. The van der Waals surface area contributed by atoms with Gasteiger partial charge in [-0.1, -0.05) is 21.6 Å². The summed E-state index contributed by atoms with van der Waals surface area (Å²) in [5.41, 5.74) is 0. The molecular weight excluding hydrogens is 344 g/mol. The standard InChI is InChI=1S/C16H30N4O2S2/c1-17-13(15(21)19-7-3-4-8-19)11-23-24-12-14(18-2)16(22)20-9-5-6-10-20/h13-14,17-18H,3-12H2,1-2H3/t13-,14-/m0/s1. The van der Waals surface area contributed by atoms with E-state index < -0.39 is 0 Å². The summed E-state index contributed by atoms with van der Waals surface area (Å²) in [6.45, 7) is 3.56. The summed E-state index contributed by atoms with van der Waals surface area (Å²) >= 11 is 0. The second-order valence-corrected chi connectivity index (χ2v) is 8.87. The van der Waals surface area contributed by atoms with E-state index in [9.17, 15) is 9.59 Å². The highest BCUT2D eigenvalue weighted by Crippen LogP contribution is 2.24. The summed E-state index contributed by atoms with van der Waals surface area (Å²) in [4.78, 5) is 28.7. The molecule has 2 rings (SSSR count). The molecule has 24 heavy (non-hydrogen) atoms. The van der Waals surface area contributed by atoms with Gasteiger partial charge in [0.1, 0.15) is 0 Å². The first kappa shape index (κ1) is 19.9. The van der Waals surface area contributed by atoms with Gasteiger partial charge in [0, 0.05) is 37.7 Å². The summed E-state index contributed by atoms with van der Waals surface area (Å²) in [5, 5.41) is 6.26. The number of amides is 2. The first-order valence-electron chi connectivity index (χ1n) is 8.84. The van der Waals surface area contributed by atoms with E-state index in [-0.39, 0.29) is 23.9 Å². The average molecular weight is 375 g/mol. The van der Waals surface area contributed by atoms with E-state index in [4.69, 9.17) is 0 Å². The Morgan fingerprint density at radius 1 is 0.792 bits per heavy atom. The minimum Gasteiger partial charge on any atom is -0.341 e. The van der Waals surface area contributed by atoms with Crippen molar-refractivity contribution < 1.29 is 9.59 Å². The Balaban J connectivity index is 1.69. The SMILES string of the molecule is CN[C@@H](CSSC[C@H](NC)C(=O)N1CCCC1)C(=O)N1CCCC1. The van der Waals surface area contributed by atoms with Crippen LogP contribution in [0.5, 0.6) is 0 Å². The predicted octanol–water partition coefficient (Wildman–Crippen LogP) is 0.789. The highest BCUT2D eigenvalue weighted by molar-refractivity contribution is 8.76. The molecule has 0 saturated carbocycles. The van der Waals surface area contributed by atoms with Crippen LogP contribution in [0.4, 0.5) is 0 Å². The maximum absolute atomic E-state index is 12.4. The highest BCUT2D eigenvalue weighted by atomic mass is 33.1. The number of hydrogen-bond acceptors (Lipinski definition) is 6. The number of nitrogens with zero attached hydrogens (tertiary/aromatic N) is 2. The Morgan fingerprint density at radius 3 is 1.42 bits per heavy atom. The first-order chi connectivity index (χ1) is 11.7. The zero-order valence-electron chi connectivity index (χ0n) is 14.8. The molecule has 8 heteroatoms. The Hall–Kier alpha value is -0.440. The molecule has 0 unspecified atom stereocenters. The number of carbonyl (C=O) groups excluding carboxylic acids is 2. The van der Waals surface area contributed by atoms with Crippen molar-refractivity contribution in [3.63, 3.8) is 0 Å². The first-order valence-corrected chi connectivity index (χ1v) is 11.3. The molecule has 0 bridgehead atoms. The van der Waals surface area contributed by atoms with Gasteiger partial charge in [0.05, 0.1) is 12.1 Å². The van der Waals surface area contributed by atoms with Gasteiger partial charge in [-0.25, -0.2) is 0 Å². The molecule has 0 aliphatic carbocycles. The zero-order valence-corrected chi connectivity index (χ0v) is 16.4. The molecule has 138 valence electrons. The van der Waals surface area contributed by atoms with Crippen molar-refractivity contribution in [2.75, 3.05) is 51.8 Å². The molecule has 0 spiro atoms. The average Bonchev–Trinajstić information content (AvgIpc) is 3.31. The van der Waals surface area contributed by atoms with E-state index in [1.807, 2.05) is 23.9 Å². The fourth-order valence-electron chi connectivity index (χ4n) is 3.10. The smallest absolute Gasteiger partial charge is 0.240 e. The van der Waals surface area contributed by atoms with Crippen LogP contribution in [0.25, 0.3) is 0 Å². The topological polar surface area (TPSA) is 64.7 Å². The molecule has 2 atom stereocenters. The van der Waals surface area contributed by atoms with Gasteiger partial charge >= 0.3 is 0 Å². The number of rotatable bonds is 9. The van der Waals surface area contributed by atoms with Crippen molar-refractivity contribution in [3.8, 4) is 0 Å². The molecule has 0 aromatic carbocycles. The lowest BCUT2D eigenvalue weighted by Crippen LogP contribution is -2.46. The molecule has 2 aliphatic heterocycles. The number of likely N-dealkylation sites (tertiary alicyclic amines) is 2. The number of likely N-dealkylation sites (N-methyl/N-ethyl adjacent to an activating group) is 2. The van der Waals surface area contributed by atoms with Crippen molar-refractivity contribution in [2.24, 2.45) is 0 Å². The van der Waals surface area contributed by atoms with Gasteiger partial charge in [0.15, 0.2) is 0 Å². The van der Waals surface area contributed by atoms with Crippen LogP contribution >= 0.6 is 21.6 Å². The fourth-order valence-corrected chi connectivity index (χ4v) is 5.58. The van der Waals surface area contributed by atoms with Gasteiger partial charge in [-0.15, -0.1) is 0 Å². The quantitative estimate of drug-likeness (QED) is 0.460. The van der Waals surface area contributed by atoms with Crippen LogP contribution in [-0.2, 0) is 9.59 Å². The van der Waals surface area contributed by atoms with Gasteiger partial charge < -0.3 is 20.4 Å². The summed E-state index contributed by atoms with van der Waals surface area (Å²) in [7, 11) is 7.03. The summed E-state index contributed by atoms with van der Waals surface area (Å²) in [6, 6.07) is -0.272. The summed E-state index contributed by atoms with van der Waals surface area (Å²) < 4.78 is 0. The van der Waals surface area contributed by atoms with Crippen LogP contribution in [0.2, 0.25) is 0 Å². The van der Waals surface area contributed by atoms with Gasteiger partial charge in [-0.05, 0) is 39.8 Å². The van der Waals surface area contributed by atoms with Crippen molar-refractivity contribution in [2.45, 2.75) is 37.8 Å². The highest BCUT2D eigenvalue weighted by Gasteiger charge is 2.27. The Labute approximate surface area is 153 Å². The number of carbonyl (C=O) groups is 2.